The summed E-state index contributed by atoms with van der Waals surface area (Å²) in [5.41, 5.74) is 0.324. The molecule has 23 heavy (non-hydrogen) atoms. The number of allylic oxidation sites excluding steroid dienone is 3. The maximum absolute atomic E-state index is 11.7. The summed E-state index contributed by atoms with van der Waals surface area (Å²) >= 11 is 0. The van der Waals surface area contributed by atoms with Gasteiger partial charge in [0.2, 0.25) is 21.8 Å². The fourth-order valence-electron chi connectivity index (χ4n) is 1.54. The Morgan fingerprint density at radius 1 is 1.22 bits per heavy atom. The van der Waals surface area contributed by atoms with Gasteiger partial charge in [0.05, 0.1) is 11.4 Å². The van der Waals surface area contributed by atoms with Crippen molar-refractivity contribution >= 4 is 27.5 Å². The van der Waals surface area contributed by atoms with E-state index in [4.69, 9.17) is 0 Å². The van der Waals surface area contributed by atoms with E-state index < -0.39 is 21.8 Å². The molecular formula is C15H19N3O4S. The lowest BCUT2D eigenvalue weighted by atomic mass is 10.3. The van der Waals surface area contributed by atoms with Crippen LogP contribution in [0.1, 0.15) is 6.92 Å². The summed E-state index contributed by atoms with van der Waals surface area (Å²) in [6, 6.07) is 5.81. The minimum atomic E-state index is -3.58. The van der Waals surface area contributed by atoms with Crippen molar-refractivity contribution in [2.45, 2.75) is 11.8 Å². The molecule has 0 atom stereocenters. The second-order valence-corrected chi connectivity index (χ2v) is 6.27. The van der Waals surface area contributed by atoms with E-state index >= 15 is 0 Å². The van der Waals surface area contributed by atoms with Crippen molar-refractivity contribution in [3.63, 3.8) is 0 Å². The van der Waals surface area contributed by atoms with Crippen LogP contribution < -0.4 is 15.4 Å². The minimum absolute atomic E-state index is 0.0381. The number of carbonyl (C=O) groups excluding carboxylic acids is 2. The SMILES string of the molecule is C/C=C/C=C\C(=O)NCC(=O)Nc1cccc(S(=O)(=O)NC)c1. The summed E-state index contributed by atoms with van der Waals surface area (Å²) in [6.07, 6.45) is 6.31. The third-order valence-corrected chi connectivity index (χ3v) is 4.08. The highest BCUT2D eigenvalue weighted by Gasteiger charge is 2.12. The number of hydrogen-bond donors (Lipinski definition) is 3. The third kappa shape index (κ3) is 6.45. The molecule has 7 nitrogen and oxygen atoms in total. The van der Waals surface area contributed by atoms with Gasteiger partial charge in [-0.3, -0.25) is 9.59 Å². The van der Waals surface area contributed by atoms with E-state index in [0.29, 0.717) is 5.69 Å². The highest BCUT2D eigenvalue weighted by atomic mass is 32.2. The Kier molecular flexibility index (Phi) is 7.17. The Morgan fingerprint density at radius 2 is 1.96 bits per heavy atom. The Morgan fingerprint density at radius 3 is 2.61 bits per heavy atom. The molecule has 0 aromatic heterocycles. The molecule has 3 N–H and O–H groups in total. The van der Waals surface area contributed by atoms with Crippen LogP contribution in [0, 0.1) is 0 Å². The summed E-state index contributed by atoms with van der Waals surface area (Å²) < 4.78 is 25.6. The fraction of sp³-hybridized carbons (Fsp3) is 0.200. The van der Waals surface area contributed by atoms with Crippen LogP contribution in [0.4, 0.5) is 5.69 Å². The topological polar surface area (TPSA) is 104 Å². The Bertz CT molecular complexity index is 724. The van der Waals surface area contributed by atoms with Crippen molar-refractivity contribution in [1.29, 1.82) is 0 Å². The maximum atomic E-state index is 11.7. The summed E-state index contributed by atoms with van der Waals surface area (Å²) in [5.74, 6) is -0.860. The van der Waals surface area contributed by atoms with Crippen LogP contribution in [0.15, 0.2) is 53.5 Å². The fourth-order valence-corrected chi connectivity index (χ4v) is 2.32. The number of anilines is 1. The van der Waals surface area contributed by atoms with Crippen molar-refractivity contribution in [3.8, 4) is 0 Å². The summed E-state index contributed by atoms with van der Waals surface area (Å²) in [6.45, 7) is 1.60. The molecule has 0 aliphatic carbocycles. The molecule has 1 aromatic carbocycles. The standard InChI is InChI=1S/C15H19N3O4S/c1-3-4-5-9-14(19)17-11-15(20)18-12-7-6-8-13(10-12)23(21,22)16-2/h3-10,16H,11H2,1-2H3,(H,17,19)(H,18,20)/b4-3+,9-5-. The molecule has 1 aromatic rings. The highest BCUT2D eigenvalue weighted by Crippen LogP contribution is 2.14. The zero-order valence-electron chi connectivity index (χ0n) is 12.9. The lowest BCUT2D eigenvalue weighted by Crippen LogP contribution is -2.31. The molecule has 8 heteroatoms. The molecule has 0 heterocycles. The maximum Gasteiger partial charge on any atom is 0.244 e. The summed E-state index contributed by atoms with van der Waals surface area (Å²) in [5, 5.41) is 4.93. The molecule has 0 unspecified atom stereocenters. The summed E-state index contributed by atoms with van der Waals surface area (Å²) in [7, 11) is -2.28. The molecule has 0 radical (unpaired) electrons. The number of amides is 2. The van der Waals surface area contributed by atoms with Gasteiger partial charge in [0, 0.05) is 11.8 Å². The lowest BCUT2D eigenvalue weighted by Gasteiger charge is -2.08. The van der Waals surface area contributed by atoms with Crippen LogP contribution in [0.3, 0.4) is 0 Å². The van der Waals surface area contributed by atoms with Crippen molar-refractivity contribution in [3.05, 3.63) is 48.6 Å². The van der Waals surface area contributed by atoms with Crippen molar-refractivity contribution in [2.24, 2.45) is 0 Å². The Hall–Kier alpha value is -2.45. The van der Waals surface area contributed by atoms with Crippen molar-refractivity contribution in [1.82, 2.24) is 10.0 Å². The number of sulfonamides is 1. The van der Waals surface area contributed by atoms with E-state index in [-0.39, 0.29) is 11.4 Å². The zero-order chi connectivity index (χ0) is 17.3. The summed E-state index contributed by atoms with van der Waals surface area (Å²) in [4.78, 5) is 23.2. The van der Waals surface area contributed by atoms with Gasteiger partial charge < -0.3 is 10.6 Å². The van der Waals surface area contributed by atoms with E-state index in [9.17, 15) is 18.0 Å². The molecule has 1 rings (SSSR count). The van der Waals surface area contributed by atoms with E-state index in [1.165, 1.54) is 31.3 Å². The highest BCUT2D eigenvalue weighted by molar-refractivity contribution is 7.89. The Labute approximate surface area is 135 Å². The molecule has 0 fully saturated rings. The lowest BCUT2D eigenvalue weighted by molar-refractivity contribution is -0.121. The smallest absolute Gasteiger partial charge is 0.244 e. The number of benzene rings is 1. The normalized spacial score (nSPS) is 11.7. The first-order valence-corrected chi connectivity index (χ1v) is 8.28. The van der Waals surface area contributed by atoms with E-state index in [2.05, 4.69) is 15.4 Å². The van der Waals surface area contributed by atoms with Crippen molar-refractivity contribution < 1.29 is 18.0 Å². The zero-order valence-corrected chi connectivity index (χ0v) is 13.7. The Balaban J connectivity index is 2.62. The predicted molar refractivity (Wildman–Crippen MR) is 88.3 cm³/mol. The largest absolute Gasteiger partial charge is 0.343 e. The van der Waals surface area contributed by atoms with Crippen molar-refractivity contribution in [2.75, 3.05) is 18.9 Å². The van der Waals surface area contributed by atoms with Gasteiger partial charge in [0.25, 0.3) is 0 Å². The average Bonchev–Trinajstić information content (AvgIpc) is 2.53. The molecule has 0 saturated carbocycles. The van der Waals surface area contributed by atoms with Crippen LogP contribution in [-0.4, -0.2) is 33.8 Å². The van der Waals surface area contributed by atoms with Gasteiger partial charge in [-0.2, -0.15) is 0 Å². The minimum Gasteiger partial charge on any atom is -0.343 e. The monoisotopic (exact) mass is 337 g/mol. The van der Waals surface area contributed by atoms with E-state index in [1.807, 2.05) is 6.92 Å². The first kappa shape index (κ1) is 18.6. The predicted octanol–water partition coefficient (Wildman–Crippen LogP) is 0.782. The number of carbonyl (C=O) groups is 2. The van der Waals surface area contributed by atoms with Crippen LogP contribution in [-0.2, 0) is 19.6 Å². The van der Waals surface area contributed by atoms with Gasteiger partial charge in [0.15, 0.2) is 0 Å². The first-order valence-electron chi connectivity index (χ1n) is 6.79. The molecular weight excluding hydrogens is 318 g/mol. The van der Waals surface area contributed by atoms with Gasteiger partial charge in [-0.15, -0.1) is 0 Å². The van der Waals surface area contributed by atoms with Gasteiger partial charge in [-0.25, -0.2) is 13.1 Å². The number of hydrogen-bond acceptors (Lipinski definition) is 4. The van der Waals surface area contributed by atoms with Gasteiger partial charge in [-0.1, -0.05) is 24.3 Å². The quantitative estimate of drug-likeness (QED) is 0.505. The molecule has 0 spiro atoms. The third-order valence-electron chi connectivity index (χ3n) is 2.67. The molecule has 0 aliphatic rings. The molecule has 0 aliphatic heterocycles. The van der Waals surface area contributed by atoms with Crippen LogP contribution in [0.2, 0.25) is 0 Å². The molecule has 0 saturated heterocycles. The van der Waals surface area contributed by atoms with E-state index in [1.54, 1.807) is 24.3 Å². The van der Waals surface area contributed by atoms with E-state index in [0.717, 1.165) is 0 Å². The second kappa shape index (κ2) is 8.86. The van der Waals surface area contributed by atoms with Gasteiger partial charge in [0.1, 0.15) is 0 Å². The average molecular weight is 337 g/mol. The molecule has 2 amide bonds. The molecule has 0 bridgehead atoms. The number of nitrogens with one attached hydrogen (secondary N) is 3. The van der Waals surface area contributed by atoms with Crippen LogP contribution in [0.25, 0.3) is 0 Å². The first-order chi connectivity index (χ1) is 10.9. The number of rotatable bonds is 7. The van der Waals surface area contributed by atoms with Gasteiger partial charge in [-0.05, 0) is 32.2 Å². The van der Waals surface area contributed by atoms with Crippen LogP contribution in [0.5, 0.6) is 0 Å². The second-order valence-electron chi connectivity index (χ2n) is 4.39. The molecule has 124 valence electrons. The van der Waals surface area contributed by atoms with Crippen LogP contribution >= 0.6 is 0 Å². The van der Waals surface area contributed by atoms with Gasteiger partial charge >= 0.3 is 0 Å².